The summed E-state index contributed by atoms with van der Waals surface area (Å²) in [5.41, 5.74) is 1.42. The van der Waals surface area contributed by atoms with Crippen LogP contribution in [0.4, 0.5) is 10.2 Å². The van der Waals surface area contributed by atoms with Gasteiger partial charge in [0.25, 0.3) is 5.91 Å². The molecule has 3 aromatic rings. The number of pyridine rings is 1. The molecule has 0 unspecified atom stereocenters. The molecule has 6 nitrogen and oxygen atoms in total. The van der Waals surface area contributed by atoms with Crippen LogP contribution in [0.1, 0.15) is 21.7 Å². The number of carbonyl (C=O) groups excluding carboxylic acids is 1. The first-order valence-electron chi connectivity index (χ1n) is 10.9. The van der Waals surface area contributed by atoms with Crippen molar-refractivity contribution in [2.45, 2.75) is 6.42 Å². The minimum Gasteiger partial charge on any atom is -0.493 e. The minimum atomic E-state index is -0.305. The van der Waals surface area contributed by atoms with E-state index >= 15 is 4.39 Å². The molecule has 0 atom stereocenters. The maximum atomic E-state index is 15.4. The van der Waals surface area contributed by atoms with Gasteiger partial charge in [0.15, 0.2) is 11.6 Å². The van der Waals surface area contributed by atoms with Gasteiger partial charge in [-0.3, -0.25) is 4.79 Å². The first-order valence-corrected chi connectivity index (χ1v) is 12.1. The Kier molecular flexibility index (Phi) is 6.23. The second kappa shape index (κ2) is 9.29. The molecule has 172 valence electrons. The summed E-state index contributed by atoms with van der Waals surface area (Å²) in [7, 11) is 1.62. The molecule has 9 heteroatoms. The summed E-state index contributed by atoms with van der Waals surface area (Å²) in [6.45, 7) is 3.88. The van der Waals surface area contributed by atoms with Crippen molar-refractivity contribution in [3.05, 3.63) is 57.8 Å². The van der Waals surface area contributed by atoms with Gasteiger partial charge in [0, 0.05) is 49.9 Å². The van der Waals surface area contributed by atoms with Crippen LogP contribution in [0, 0.1) is 5.82 Å². The van der Waals surface area contributed by atoms with Crippen LogP contribution in [0.15, 0.2) is 36.5 Å². The van der Waals surface area contributed by atoms with Gasteiger partial charge >= 0.3 is 0 Å². The lowest BCUT2D eigenvalue weighted by molar-refractivity contribution is 0.0751. The molecule has 1 aromatic carbocycles. The minimum absolute atomic E-state index is 0.0978. The van der Waals surface area contributed by atoms with Gasteiger partial charge in [-0.25, -0.2) is 9.37 Å². The number of halogens is 2. The Morgan fingerprint density at radius 2 is 2.09 bits per heavy atom. The highest BCUT2D eigenvalue weighted by Crippen LogP contribution is 2.38. The van der Waals surface area contributed by atoms with Crippen molar-refractivity contribution in [3.8, 4) is 5.75 Å². The molecule has 2 aromatic heterocycles. The molecule has 0 radical (unpaired) electrons. The molecule has 0 aliphatic carbocycles. The summed E-state index contributed by atoms with van der Waals surface area (Å²) in [5.74, 6) is 1.09. The number of methoxy groups -OCH3 is 1. The number of anilines is 1. The first kappa shape index (κ1) is 22.1. The van der Waals surface area contributed by atoms with Crippen molar-refractivity contribution in [2.75, 3.05) is 51.3 Å². The van der Waals surface area contributed by atoms with E-state index in [1.807, 2.05) is 18.2 Å². The summed E-state index contributed by atoms with van der Waals surface area (Å²) in [6.07, 6.45) is 4.64. The van der Waals surface area contributed by atoms with Crippen molar-refractivity contribution in [3.63, 3.8) is 0 Å². The zero-order valence-corrected chi connectivity index (χ0v) is 19.8. The van der Waals surface area contributed by atoms with Gasteiger partial charge in [0.05, 0.1) is 21.7 Å². The normalized spacial score (nSPS) is 16.8. The number of ether oxygens (including phenoxy) is 1. The monoisotopic (exact) mass is 486 g/mol. The molecule has 4 heterocycles. The summed E-state index contributed by atoms with van der Waals surface area (Å²) < 4.78 is 21.2. The van der Waals surface area contributed by atoms with Gasteiger partial charge in [-0.15, -0.1) is 11.3 Å². The molecule has 1 saturated heterocycles. The largest absolute Gasteiger partial charge is 0.493 e. The molecule has 2 aliphatic rings. The molecule has 0 saturated carbocycles. The predicted molar refractivity (Wildman–Crippen MR) is 131 cm³/mol. The van der Waals surface area contributed by atoms with E-state index in [0.29, 0.717) is 64.0 Å². The third-order valence-electron chi connectivity index (χ3n) is 6.12. The zero-order valence-electron chi connectivity index (χ0n) is 18.2. The Balaban J connectivity index is 1.36. The molecular formula is C24H24ClFN4O2S. The lowest BCUT2D eigenvalue weighted by Crippen LogP contribution is -2.49. The maximum absolute atomic E-state index is 15.4. The highest BCUT2D eigenvalue weighted by atomic mass is 35.5. The fourth-order valence-electron chi connectivity index (χ4n) is 4.37. The zero-order chi connectivity index (χ0) is 22.9. The number of fused-ring (bicyclic) bond motifs is 1. The Morgan fingerprint density at radius 3 is 2.82 bits per heavy atom. The van der Waals surface area contributed by atoms with Crippen molar-refractivity contribution in [1.82, 2.24) is 15.2 Å². The first-order chi connectivity index (χ1) is 16.1. The van der Waals surface area contributed by atoms with E-state index < -0.39 is 0 Å². The van der Waals surface area contributed by atoms with Crippen LogP contribution in [0.3, 0.4) is 0 Å². The van der Waals surface area contributed by atoms with Crippen LogP contribution in [-0.2, 0) is 0 Å². The highest BCUT2D eigenvalue weighted by Gasteiger charge is 2.27. The molecule has 2 aliphatic heterocycles. The third-order valence-corrected chi connectivity index (χ3v) is 7.55. The second-order valence-corrected chi connectivity index (χ2v) is 9.54. The van der Waals surface area contributed by atoms with Crippen molar-refractivity contribution in [2.24, 2.45) is 0 Å². The average Bonchev–Trinajstić information content (AvgIpc) is 3.33. The topological polar surface area (TPSA) is 57.7 Å². The molecular weight excluding hydrogens is 463 g/mol. The summed E-state index contributed by atoms with van der Waals surface area (Å²) in [6, 6.07) is 7.11. The summed E-state index contributed by atoms with van der Waals surface area (Å²) in [4.78, 5) is 22.1. The number of amides is 1. The van der Waals surface area contributed by atoms with Gasteiger partial charge in [-0.2, -0.15) is 0 Å². The molecule has 33 heavy (non-hydrogen) atoms. The van der Waals surface area contributed by atoms with Crippen molar-refractivity contribution < 1.29 is 13.9 Å². The molecule has 1 amide bonds. The Labute approximate surface area is 200 Å². The summed E-state index contributed by atoms with van der Waals surface area (Å²) in [5, 5.41) is 4.32. The number of nitrogens with one attached hydrogen (secondary N) is 1. The van der Waals surface area contributed by atoms with E-state index in [1.54, 1.807) is 30.3 Å². The summed E-state index contributed by atoms with van der Waals surface area (Å²) >= 11 is 7.69. The fourth-order valence-corrected chi connectivity index (χ4v) is 5.77. The molecule has 1 N–H and O–H groups in total. The van der Waals surface area contributed by atoms with Crippen LogP contribution < -0.4 is 15.0 Å². The Morgan fingerprint density at radius 1 is 1.27 bits per heavy atom. The lowest BCUT2D eigenvalue weighted by Gasteiger charge is -2.35. The fraction of sp³-hybridized carbons (Fsp3) is 0.333. The molecule has 0 bridgehead atoms. The second-order valence-electron chi connectivity index (χ2n) is 8.08. The number of hydrogen-bond acceptors (Lipinski definition) is 6. The Bertz CT molecular complexity index is 1240. The third kappa shape index (κ3) is 4.18. The van der Waals surface area contributed by atoms with Crippen LogP contribution in [0.25, 0.3) is 15.7 Å². The van der Waals surface area contributed by atoms with Crippen LogP contribution >= 0.6 is 22.9 Å². The molecule has 0 spiro atoms. The van der Waals surface area contributed by atoms with Gasteiger partial charge in [0.2, 0.25) is 0 Å². The number of benzene rings is 1. The number of piperazine rings is 1. The van der Waals surface area contributed by atoms with Crippen LogP contribution in [0.2, 0.25) is 5.02 Å². The predicted octanol–water partition coefficient (Wildman–Crippen LogP) is 4.44. The van der Waals surface area contributed by atoms with Gasteiger partial charge in [0.1, 0.15) is 5.82 Å². The van der Waals surface area contributed by atoms with Crippen LogP contribution in [-0.4, -0.2) is 62.2 Å². The average molecular weight is 487 g/mol. The highest BCUT2D eigenvalue weighted by molar-refractivity contribution is 7.21. The van der Waals surface area contributed by atoms with Crippen molar-refractivity contribution >= 4 is 50.3 Å². The van der Waals surface area contributed by atoms with E-state index in [0.717, 1.165) is 24.4 Å². The number of hydrogen-bond donors (Lipinski definition) is 1. The number of carbonyl (C=O) groups is 1. The standard InChI is InChI=1S/C24H24ClFN4O2S/c1-32-19-5-3-7-28-23(19)29-8-10-30(11-9-29)24(31)20-13-17-18(25)12-16(21(26)22(17)33-20)15-4-2-6-27-14-15/h3-5,7,12-13,27H,2,6,8-11,14H2,1H3. The van der Waals surface area contributed by atoms with Crippen molar-refractivity contribution in [1.29, 1.82) is 0 Å². The smallest absolute Gasteiger partial charge is 0.264 e. The number of nitrogens with zero attached hydrogens (tertiary/aromatic N) is 3. The van der Waals surface area contributed by atoms with Gasteiger partial charge in [-0.1, -0.05) is 17.7 Å². The quantitative estimate of drug-likeness (QED) is 0.591. The number of thiophene rings is 1. The Hall–Kier alpha value is -2.68. The van der Waals surface area contributed by atoms with E-state index in [4.69, 9.17) is 16.3 Å². The van der Waals surface area contributed by atoms with Crippen LogP contribution in [0.5, 0.6) is 5.75 Å². The van der Waals surface area contributed by atoms with E-state index in [9.17, 15) is 4.79 Å². The van der Waals surface area contributed by atoms with E-state index in [1.165, 1.54) is 11.3 Å². The van der Waals surface area contributed by atoms with Gasteiger partial charge < -0.3 is 19.9 Å². The maximum Gasteiger partial charge on any atom is 0.264 e. The van der Waals surface area contributed by atoms with E-state index in [2.05, 4.69) is 15.2 Å². The SMILES string of the molecule is COc1cccnc1N1CCN(C(=O)c2cc3c(Cl)cc(C4=CCCNC4)c(F)c3s2)CC1. The lowest BCUT2D eigenvalue weighted by atomic mass is 10.0. The van der Waals surface area contributed by atoms with Gasteiger partial charge in [-0.05, 0) is 42.8 Å². The number of rotatable bonds is 4. The molecule has 1 fully saturated rings. The molecule has 5 rings (SSSR count). The van der Waals surface area contributed by atoms with E-state index in [-0.39, 0.29) is 11.7 Å². The number of aromatic nitrogens is 1.